The second kappa shape index (κ2) is 7.79. The number of hydrogen-bond acceptors (Lipinski definition) is 8. The molecule has 0 atom stereocenters. The normalized spacial score (nSPS) is 11.1. The number of non-ortho nitro benzene ring substituents is 1. The zero-order chi connectivity index (χ0) is 21.3. The number of aryl methyl sites for hydroxylation is 1. The standard InChI is InChI=1S/C19H19N7O4/c1-24-18(28)13-4-2-3-5-16(13)25-17(22-23-19(24)25)11-21-15-10-12(26(29)30)6-7-14(15)20-8-9-27/h2-7,10,20-21,27H,8-9,11H2,1H3. The molecule has 0 unspecified atom stereocenters. The molecular formula is C19H19N7O4. The maximum Gasteiger partial charge on any atom is 0.271 e. The maximum atomic E-state index is 12.6. The highest BCUT2D eigenvalue weighted by atomic mass is 16.6. The molecule has 30 heavy (non-hydrogen) atoms. The molecule has 11 nitrogen and oxygen atoms in total. The summed E-state index contributed by atoms with van der Waals surface area (Å²) in [5, 5.41) is 35.3. The van der Waals surface area contributed by atoms with Gasteiger partial charge in [0.15, 0.2) is 5.82 Å². The number of para-hydroxylation sites is 1. The molecule has 4 aromatic rings. The quantitative estimate of drug-likeness (QED) is 0.308. The summed E-state index contributed by atoms with van der Waals surface area (Å²) >= 11 is 0. The van der Waals surface area contributed by atoms with Crippen molar-refractivity contribution in [3.63, 3.8) is 0 Å². The maximum absolute atomic E-state index is 12.6. The Morgan fingerprint density at radius 3 is 2.70 bits per heavy atom. The molecule has 0 saturated heterocycles. The van der Waals surface area contributed by atoms with Crippen LogP contribution in [-0.4, -0.2) is 42.3 Å². The van der Waals surface area contributed by atoms with Gasteiger partial charge in [0.2, 0.25) is 5.78 Å². The lowest BCUT2D eigenvalue weighted by Crippen LogP contribution is -2.20. The van der Waals surface area contributed by atoms with Crippen molar-refractivity contribution in [3.8, 4) is 0 Å². The van der Waals surface area contributed by atoms with Crippen molar-refractivity contribution in [2.75, 3.05) is 23.8 Å². The predicted octanol–water partition coefficient (Wildman–Crippen LogP) is 1.51. The summed E-state index contributed by atoms with van der Waals surface area (Å²) in [6.45, 7) is 0.427. The third-order valence-corrected chi connectivity index (χ3v) is 4.77. The van der Waals surface area contributed by atoms with Crippen molar-refractivity contribution in [3.05, 3.63) is 68.8 Å². The van der Waals surface area contributed by atoms with E-state index >= 15 is 0 Å². The van der Waals surface area contributed by atoms with Crippen LogP contribution in [0.3, 0.4) is 0 Å². The molecular weight excluding hydrogens is 390 g/mol. The van der Waals surface area contributed by atoms with Gasteiger partial charge in [-0.2, -0.15) is 0 Å². The molecule has 2 aromatic carbocycles. The summed E-state index contributed by atoms with van der Waals surface area (Å²) in [6, 6.07) is 11.6. The molecule has 11 heteroatoms. The number of aliphatic hydroxyl groups excluding tert-OH is 1. The van der Waals surface area contributed by atoms with E-state index in [2.05, 4.69) is 20.8 Å². The van der Waals surface area contributed by atoms with Crippen LogP contribution in [0.5, 0.6) is 0 Å². The molecule has 0 spiro atoms. The Hall–Kier alpha value is -3.99. The Morgan fingerprint density at radius 2 is 1.93 bits per heavy atom. The minimum absolute atomic E-state index is 0.0639. The second-order valence-corrected chi connectivity index (χ2v) is 6.62. The zero-order valence-corrected chi connectivity index (χ0v) is 16.1. The van der Waals surface area contributed by atoms with E-state index < -0.39 is 4.92 Å². The first-order valence-electron chi connectivity index (χ1n) is 9.20. The van der Waals surface area contributed by atoms with Gasteiger partial charge >= 0.3 is 0 Å². The molecule has 0 saturated carbocycles. The Bertz CT molecular complexity index is 1310. The van der Waals surface area contributed by atoms with Crippen LogP contribution in [0.25, 0.3) is 16.7 Å². The number of nitrogens with one attached hydrogen (secondary N) is 2. The molecule has 0 radical (unpaired) electrons. The number of aliphatic hydroxyl groups is 1. The summed E-state index contributed by atoms with van der Waals surface area (Å²) in [5.41, 5.74) is 1.55. The summed E-state index contributed by atoms with van der Waals surface area (Å²) < 4.78 is 3.21. The van der Waals surface area contributed by atoms with Gasteiger partial charge in [-0.3, -0.25) is 23.9 Å². The average Bonchev–Trinajstić information content (AvgIpc) is 3.19. The van der Waals surface area contributed by atoms with Crippen molar-refractivity contribution in [1.82, 2.24) is 19.2 Å². The first kappa shape index (κ1) is 19.3. The molecule has 0 bridgehead atoms. The second-order valence-electron chi connectivity index (χ2n) is 6.62. The third-order valence-electron chi connectivity index (χ3n) is 4.77. The molecule has 0 amide bonds. The number of hydrogen-bond donors (Lipinski definition) is 3. The number of nitro groups is 1. The van der Waals surface area contributed by atoms with Crippen molar-refractivity contribution < 1.29 is 10.0 Å². The number of anilines is 2. The Balaban J connectivity index is 1.75. The van der Waals surface area contributed by atoms with E-state index in [1.54, 1.807) is 29.6 Å². The van der Waals surface area contributed by atoms with Crippen LogP contribution in [0.4, 0.5) is 17.1 Å². The van der Waals surface area contributed by atoms with Crippen LogP contribution in [0.2, 0.25) is 0 Å². The topological polar surface area (TPSA) is 140 Å². The highest BCUT2D eigenvalue weighted by Crippen LogP contribution is 2.27. The van der Waals surface area contributed by atoms with Gasteiger partial charge in [0.1, 0.15) is 0 Å². The van der Waals surface area contributed by atoms with E-state index in [1.165, 1.54) is 16.7 Å². The van der Waals surface area contributed by atoms with Gasteiger partial charge in [0.25, 0.3) is 11.2 Å². The summed E-state index contributed by atoms with van der Waals surface area (Å²) in [5.74, 6) is 0.935. The van der Waals surface area contributed by atoms with E-state index in [0.29, 0.717) is 40.4 Å². The van der Waals surface area contributed by atoms with Crippen LogP contribution >= 0.6 is 0 Å². The van der Waals surface area contributed by atoms with Crippen molar-refractivity contribution in [2.45, 2.75) is 6.54 Å². The van der Waals surface area contributed by atoms with Crippen molar-refractivity contribution in [1.29, 1.82) is 0 Å². The molecule has 0 aliphatic carbocycles. The summed E-state index contributed by atoms with van der Waals surface area (Å²) in [4.78, 5) is 23.2. The monoisotopic (exact) mass is 409 g/mol. The van der Waals surface area contributed by atoms with E-state index in [1.807, 2.05) is 12.1 Å². The third kappa shape index (κ3) is 3.31. The number of aromatic nitrogens is 4. The largest absolute Gasteiger partial charge is 0.395 e. The fourth-order valence-corrected chi connectivity index (χ4v) is 3.32. The Labute approximate surface area is 169 Å². The van der Waals surface area contributed by atoms with Gasteiger partial charge in [-0.1, -0.05) is 12.1 Å². The van der Waals surface area contributed by atoms with Gasteiger partial charge < -0.3 is 15.7 Å². The number of benzene rings is 2. The lowest BCUT2D eigenvalue weighted by atomic mass is 10.2. The lowest BCUT2D eigenvalue weighted by Gasteiger charge is -2.13. The number of nitro benzene ring substituents is 1. The number of fused-ring (bicyclic) bond motifs is 3. The fourth-order valence-electron chi connectivity index (χ4n) is 3.32. The van der Waals surface area contributed by atoms with E-state index in [4.69, 9.17) is 5.11 Å². The van der Waals surface area contributed by atoms with E-state index in [9.17, 15) is 14.9 Å². The van der Waals surface area contributed by atoms with E-state index in [-0.39, 0.29) is 24.4 Å². The van der Waals surface area contributed by atoms with Crippen LogP contribution in [0.15, 0.2) is 47.3 Å². The van der Waals surface area contributed by atoms with Crippen molar-refractivity contribution in [2.24, 2.45) is 7.05 Å². The van der Waals surface area contributed by atoms with Crippen molar-refractivity contribution >= 4 is 33.7 Å². The summed E-state index contributed by atoms with van der Waals surface area (Å²) in [7, 11) is 1.63. The highest BCUT2D eigenvalue weighted by Gasteiger charge is 2.16. The minimum Gasteiger partial charge on any atom is -0.395 e. The van der Waals surface area contributed by atoms with Gasteiger partial charge in [0.05, 0.1) is 40.4 Å². The Morgan fingerprint density at radius 1 is 1.13 bits per heavy atom. The number of rotatable bonds is 7. The predicted molar refractivity (Wildman–Crippen MR) is 112 cm³/mol. The molecule has 2 heterocycles. The van der Waals surface area contributed by atoms with Gasteiger partial charge in [-0.25, -0.2) is 0 Å². The SMILES string of the molecule is Cn1c(=O)c2ccccc2n2c(CNc3cc([N+](=O)[O-])ccc3NCCO)nnc12. The van der Waals surface area contributed by atoms with Gasteiger partial charge in [-0.05, 0) is 18.2 Å². The van der Waals surface area contributed by atoms with Gasteiger partial charge in [-0.15, -0.1) is 10.2 Å². The molecule has 154 valence electrons. The lowest BCUT2D eigenvalue weighted by molar-refractivity contribution is -0.384. The molecule has 0 aliphatic heterocycles. The first-order valence-corrected chi connectivity index (χ1v) is 9.20. The molecule has 3 N–H and O–H groups in total. The fraction of sp³-hybridized carbons (Fsp3) is 0.211. The first-order chi connectivity index (χ1) is 14.5. The highest BCUT2D eigenvalue weighted by molar-refractivity contribution is 5.80. The summed E-state index contributed by atoms with van der Waals surface area (Å²) in [6.07, 6.45) is 0. The molecule has 2 aromatic heterocycles. The van der Waals surface area contributed by atoms with Crippen LogP contribution in [0, 0.1) is 10.1 Å². The number of nitrogens with zero attached hydrogens (tertiary/aromatic N) is 5. The zero-order valence-electron chi connectivity index (χ0n) is 16.1. The molecule has 0 aliphatic rings. The van der Waals surface area contributed by atoms with Crippen LogP contribution in [-0.2, 0) is 13.6 Å². The molecule has 0 fully saturated rings. The minimum atomic E-state index is -0.475. The van der Waals surface area contributed by atoms with Gasteiger partial charge in [0, 0.05) is 25.7 Å². The average molecular weight is 409 g/mol. The molecule has 4 rings (SSSR count). The van der Waals surface area contributed by atoms with Crippen LogP contribution in [0.1, 0.15) is 5.82 Å². The van der Waals surface area contributed by atoms with Crippen LogP contribution < -0.4 is 16.2 Å². The van der Waals surface area contributed by atoms with E-state index in [0.717, 1.165) is 0 Å². The Kier molecular flexibility index (Phi) is 5.02. The smallest absolute Gasteiger partial charge is 0.271 e.